The molecule has 4 aromatic carbocycles. The zero-order valence-corrected chi connectivity index (χ0v) is 15.6. The van der Waals surface area contributed by atoms with Gasteiger partial charge in [0.05, 0.1) is 0 Å². The Morgan fingerprint density at radius 1 is 0.481 bits per heavy atom. The normalized spacial score (nSPS) is 10.6. The minimum Gasteiger partial charge on any atom is -0.457 e. The van der Waals surface area contributed by atoms with Crippen LogP contribution < -0.4 is 4.74 Å². The van der Waals surface area contributed by atoms with Gasteiger partial charge in [-0.25, -0.2) is 0 Å². The Morgan fingerprint density at radius 3 is 1.37 bits per heavy atom. The average Bonchev–Trinajstić information content (AvgIpc) is 2.69. The highest BCUT2D eigenvalue weighted by Gasteiger charge is 2.06. The Balaban J connectivity index is 1.64. The highest BCUT2D eigenvalue weighted by molar-refractivity contribution is 5.70. The van der Waals surface area contributed by atoms with Crippen LogP contribution in [0.1, 0.15) is 11.1 Å². The van der Waals surface area contributed by atoms with Crippen LogP contribution in [-0.4, -0.2) is 0 Å². The lowest BCUT2D eigenvalue weighted by molar-refractivity contribution is 0.483. The SMILES string of the molecule is Cc1ccccc1-c1cccc(Oc2cccc(-c3ccccc3C)c2)c1. The quantitative estimate of drug-likeness (QED) is 0.372. The van der Waals surface area contributed by atoms with E-state index in [9.17, 15) is 0 Å². The number of hydrogen-bond acceptors (Lipinski definition) is 1. The van der Waals surface area contributed by atoms with E-state index in [0.717, 1.165) is 11.5 Å². The molecule has 0 atom stereocenters. The molecule has 4 rings (SSSR count). The van der Waals surface area contributed by atoms with Gasteiger partial charge in [0.2, 0.25) is 0 Å². The van der Waals surface area contributed by atoms with Gasteiger partial charge in [0.25, 0.3) is 0 Å². The van der Waals surface area contributed by atoms with Gasteiger partial charge in [-0.1, -0.05) is 72.8 Å². The third-order valence-corrected chi connectivity index (χ3v) is 4.82. The summed E-state index contributed by atoms with van der Waals surface area (Å²) in [5.41, 5.74) is 7.32. The van der Waals surface area contributed by atoms with Crippen molar-refractivity contribution in [2.24, 2.45) is 0 Å². The molecule has 1 heteroatoms. The van der Waals surface area contributed by atoms with Gasteiger partial charge in [0.15, 0.2) is 0 Å². The average molecular weight is 350 g/mol. The third kappa shape index (κ3) is 3.78. The molecule has 0 amide bonds. The van der Waals surface area contributed by atoms with Crippen molar-refractivity contribution in [1.82, 2.24) is 0 Å². The van der Waals surface area contributed by atoms with E-state index < -0.39 is 0 Å². The first-order chi connectivity index (χ1) is 13.2. The van der Waals surface area contributed by atoms with Crippen LogP contribution in [0.5, 0.6) is 11.5 Å². The second kappa shape index (κ2) is 7.51. The van der Waals surface area contributed by atoms with Crippen molar-refractivity contribution < 1.29 is 4.74 Å². The lowest BCUT2D eigenvalue weighted by Gasteiger charge is -2.11. The fourth-order valence-corrected chi connectivity index (χ4v) is 3.38. The molecule has 0 heterocycles. The number of aryl methyl sites for hydroxylation is 2. The lowest BCUT2D eigenvalue weighted by atomic mass is 10.0. The molecule has 0 unspecified atom stereocenters. The summed E-state index contributed by atoms with van der Waals surface area (Å²) in [6.45, 7) is 4.27. The maximum atomic E-state index is 6.18. The van der Waals surface area contributed by atoms with Gasteiger partial charge >= 0.3 is 0 Å². The van der Waals surface area contributed by atoms with Crippen LogP contribution in [0.4, 0.5) is 0 Å². The van der Waals surface area contributed by atoms with Gasteiger partial charge < -0.3 is 4.74 Å². The predicted octanol–water partition coefficient (Wildman–Crippen LogP) is 7.43. The topological polar surface area (TPSA) is 9.23 Å². The molecular formula is C26H22O. The van der Waals surface area contributed by atoms with Crippen LogP contribution in [0.25, 0.3) is 22.3 Å². The fourth-order valence-electron chi connectivity index (χ4n) is 3.38. The van der Waals surface area contributed by atoms with E-state index in [-0.39, 0.29) is 0 Å². The van der Waals surface area contributed by atoms with Crippen LogP contribution in [-0.2, 0) is 0 Å². The standard InChI is InChI=1S/C26H22O/c1-19-9-3-5-15-25(19)21-11-7-13-23(17-21)27-24-14-8-12-22(18-24)26-16-6-4-10-20(26)2/h3-18H,1-2H3. The predicted molar refractivity (Wildman–Crippen MR) is 113 cm³/mol. The van der Waals surface area contributed by atoms with Crippen LogP contribution in [0.2, 0.25) is 0 Å². The number of rotatable bonds is 4. The van der Waals surface area contributed by atoms with Crippen molar-refractivity contribution in [3.63, 3.8) is 0 Å². The Labute approximate surface area is 160 Å². The van der Waals surface area contributed by atoms with Crippen molar-refractivity contribution in [2.75, 3.05) is 0 Å². The summed E-state index contributed by atoms with van der Waals surface area (Å²) in [5.74, 6) is 1.69. The molecule has 0 saturated heterocycles. The molecule has 27 heavy (non-hydrogen) atoms. The highest BCUT2D eigenvalue weighted by Crippen LogP contribution is 2.31. The molecule has 1 nitrogen and oxygen atoms in total. The monoisotopic (exact) mass is 350 g/mol. The summed E-state index contributed by atoms with van der Waals surface area (Å²) in [4.78, 5) is 0. The van der Waals surface area contributed by atoms with Crippen molar-refractivity contribution in [3.05, 3.63) is 108 Å². The highest BCUT2D eigenvalue weighted by atomic mass is 16.5. The minimum atomic E-state index is 0.845. The second-order valence-electron chi connectivity index (χ2n) is 6.79. The van der Waals surface area contributed by atoms with Crippen LogP contribution in [0.3, 0.4) is 0 Å². The smallest absolute Gasteiger partial charge is 0.128 e. The fraction of sp³-hybridized carbons (Fsp3) is 0.0769. The molecule has 132 valence electrons. The summed E-state index contributed by atoms with van der Waals surface area (Å²) in [5, 5.41) is 0. The number of ether oxygens (including phenoxy) is 1. The summed E-state index contributed by atoms with van der Waals surface area (Å²) in [6, 6.07) is 33.4. The maximum Gasteiger partial charge on any atom is 0.128 e. The molecule has 0 saturated carbocycles. The molecule has 0 aliphatic carbocycles. The molecule has 0 radical (unpaired) electrons. The molecule has 0 aliphatic rings. The largest absolute Gasteiger partial charge is 0.457 e. The van der Waals surface area contributed by atoms with Crippen LogP contribution >= 0.6 is 0 Å². The molecule has 0 N–H and O–H groups in total. The van der Waals surface area contributed by atoms with Gasteiger partial charge in [-0.15, -0.1) is 0 Å². The minimum absolute atomic E-state index is 0.845. The molecular weight excluding hydrogens is 328 g/mol. The zero-order chi connectivity index (χ0) is 18.6. The van der Waals surface area contributed by atoms with E-state index >= 15 is 0 Å². The van der Waals surface area contributed by atoms with E-state index in [1.165, 1.54) is 33.4 Å². The van der Waals surface area contributed by atoms with E-state index in [1.54, 1.807) is 0 Å². The molecule has 0 spiro atoms. The summed E-state index contributed by atoms with van der Waals surface area (Å²) in [6.07, 6.45) is 0. The summed E-state index contributed by atoms with van der Waals surface area (Å²) < 4.78 is 6.18. The summed E-state index contributed by atoms with van der Waals surface area (Å²) in [7, 11) is 0. The van der Waals surface area contributed by atoms with Crippen molar-refractivity contribution >= 4 is 0 Å². The van der Waals surface area contributed by atoms with Crippen LogP contribution in [0, 0.1) is 13.8 Å². The van der Waals surface area contributed by atoms with Gasteiger partial charge in [0, 0.05) is 0 Å². The van der Waals surface area contributed by atoms with Gasteiger partial charge in [-0.05, 0) is 71.5 Å². The lowest BCUT2D eigenvalue weighted by Crippen LogP contribution is -1.88. The van der Waals surface area contributed by atoms with E-state index in [4.69, 9.17) is 4.74 Å². The van der Waals surface area contributed by atoms with Crippen LogP contribution in [0.15, 0.2) is 97.1 Å². The van der Waals surface area contributed by atoms with Crippen molar-refractivity contribution in [3.8, 4) is 33.8 Å². The third-order valence-electron chi connectivity index (χ3n) is 4.82. The van der Waals surface area contributed by atoms with Gasteiger partial charge in [0.1, 0.15) is 11.5 Å². The van der Waals surface area contributed by atoms with Crippen molar-refractivity contribution in [1.29, 1.82) is 0 Å². The first-order valence-corrected chi connectivity index (χ1v) is 9.21. The first kappa shape index (κ1) is 17.1. The molecule has 0 bridgehead atoms. The number of benzene rings is 4. The summed E-state index contributed by atoms with van der Waals surface area (Å²) >= 11 is 0. The molecule has 4 aromatic rings. The van der Waals surface area contributed by atoms with E-state index in [0.29, 0.717) is 0 Å². The first-order valence-electron chi connectivity index (χ1n) is 9.21. The number of hydrogen-bond donors (Lipinski definition) is 0. The van der Waals surface area contributed by atoms with Gasteiger partial charge in [-0.2, -0.15) is 0 Å². The Morgan fingerprint density at radius 2 is 0.926 bits per heavy atom. The zero-order valence-electron chi connectivity index (χ0n) is 15.6. The molecule has 0 aliphatic heterocycles. The molecule has 0 aromatic heterocycles. The van der Waals surface area contributed by atoms with Crippen molar-refractivity contribution in [2.45, 2.75) is 13.8 Å². The molecule has 0 fully saturated rings. The van der Waals surface area contributed by atoms with E-state index in [1.807, 2.05) is 24.3 Å². The van der Waals surface area contributed by atoms with Gasteiger partial charge in [-0.3, -0.25) is 0 Å². The second-order valence-corrected chi connectivity index (χ2v) is 6.79. The Hall–Kier alpha value is -3.32. The Kier molecular flexibility index (Phi) is 4.76. The van der Waals surface area contributed by atoms with E-state index in [2.05, 4.69) is 86.6 Å². The maximum absolute atomic E-state index is 6.18. The Bertz CT molecular complexity index is 992.